The van der Waals surface area contributed by atoms with Crippen LogP contribution >= 0.6 is 0 Å². The standard InChI is InChI=1S/C15H17N5O5S/c1-9-14(10(2)20(3)17-9)26(22,23)19-12(21)6-7-13-16-15(18-25-13)11-5-4-8-24-11/h4-5,8H,6-7H2,1-3H3,(H,19,21). The van der Waals surface area contributed by atoms with E-state index < -0.39 is 15.9 Å². The molecule has 1 amide bonds. The van der Waals surface area contributed by atoms with Crippen LogP contribution in [0.5, 0.6) is 0 Å². The molecular weight excluding hydrogens is 362 g/mol. The number of aryl methyl sites for hydroxylation is 3. The van der Waals surface area contributed by atoms with Crippen molar-refractivity contribution in [3.8, 4) is 11.6 Å². The van der Waals surface area contributed by atoms with Crippen LogP contribution in [0.4, 0.5) is 0 Å². The van der Waals surface area contributed by atoms with E-state index in [1.807, 2.05) is 4.72 Å². The second-order valence-corrected chi connectivity index (χ2v) is 7.26. The van der Waals surface area contributed by atoms with Crippen molar-refractivity contribution in [3.05, 3.63) is 35.7 Å². The molecule has 0 aliphatic rings. The monoisotopic (exact) mass is 379 g/mol. The first-order valence-corrected chi connectivity index (χ1v) is 9.18. The molecule has 3 aromatic heterocycles. The van der Waals surface area contributed by atoms with Crippen LogP contribution < -0.4 is 4.72 Å². The van der Waals surface area contributed by atoms with Crippen molar-refractivity contribution < 1.29 is 22.2 Å². The number of carbonyl (C=O) groups is 1. The summed E-state index contributed by atoms with van der Waals surface area (Å²) in [5.41, 5.74) is 0.771. The molecule has 3 heterocycles. The Hall–Kier alpha value is -2.95. The number of aromatic nitrogens is 4. The average Bonchev–Trinajstić information content (AvgIpc) is 3.27. The van der Waals surface area contributed by atoms with Gasteiger partial charge in [0.05, 0.1) is 17.7 Å². The molecule has 11 heteroatoms. The van der Waals surface area contributed by atoms with E-state index in [9.17, 15) is 13.2 Å². The molecule has 0 aromatic carbocycles. The number of nitrogens with zero attached hydrogens (tertiary/aromatic N) is 4. The van der Waals surface area contributed by atoms with Crippen LogP contribution in [-0.2, 0) is 28.3 Å². The van der Waals surface area contributed by atoms with Crippen LogP contribution in [0.1, 0.15) is 23.7 Å². The van der Waals surface area contributed by atoms with Gasteiger partial charge in [-0.2, -0.15) is 10.1 Å². The Balaban J connectivity index is 1.64. The van der Waals surface area contributed by atoms with E-state index in [4.69, 9.17) is 8.94 Å². The highest BCUT2D eigenvalue weighted by Crippen LogP contribution is 2.19. The molecule has 138 valence electrons. The largest absolute Gasteiger partial charge is 0.461 e. The molecule has 0 atom stereocenters. The zero-order valence-corrected chi connectivity index (χ0v) is 15.2. The molecule has 0 fully saturated rings. The molecule has 0 bridgehead atoms. The van der Waals surface area contributed by atoms with Crippen LogP contribution in [-0.4, -0.2) is 34.2 Å². The summed E-state index contributed by atoms with van der Waals surface area (Å²) in [5, 5.41) is 7.79. The van der Waals surface area contributed by atoms with Crippen LogP contribution in [0, 0.1) is 13.8 Å². The van der Waals surface area contributed by atoms with Gasteiger partial charge in [-0.25, -0.2) is 13.1 Å². The Morgan fingerprint density at radius 1 is 1.35 bits per heavy atom. The third-order valence-corrected chi connectivity index (χ3v) is 5.36. The van der Waals surface area contributed by atoms with Gasteiger partial charge in [0, 0.05) is 19.9 Å². The Labute approximate surface area is 149 Å². The predicted molar refractivity (Wildman–Crippen MR) is 88.3 cm³/mol. The number of amides is 1. The number of carbonyl (C=O) groups excluding carboxylic acids is 1. The Morgan fingerprint density at radius 2 is 2.12 bits per heavy atom. The lowest BCUT2D eigenvalue weighted by molar-refractivity contribution is -0.119. The lowest BCUT2D eigenvalue weighted by Crippen LogP contribution is -2.31. The molecule has 1 N–H and O–H groups in total. The molecular formula is C15H17N5O5S. The minimum absolute atomic E-state index is 0.00578. The summed E-state index contributed by atoms with van der Waals surface area (Å²) in [5.74, 6) is 0.234. The maximum Gasteiger partial charge on any atom is 0.267 e. The quantitative estimate of drug-likeness (QED) is 0.673. The Morgan fingerprint density at radius 3 is 2.73 bits per heavy atom. The maximum absolute atomic E-state index is 12.4. The molecule has 3 rings (SSSR count). The number of nitrogens with one attached hydrogen (secondary N) is 1. The SMILES string of the molecule is Cc1nn(C)c(C)c1S(=O)(=O)NC(=O)CCc1nc(-c2ccco2)no1. The summed E-state index contributed by atoms with van der Waals surface area (Å²) in [6, 6.07) is 3.36. The molecule has 0 saturated heterocycles. The van der Waals surface area contributed by atoms with E-state index in [-0.39, 0.29) is 29.5 Å². The van der Waals surface area contributed by atoms with Crippen molar-refractivity contribution in [1.29, 1.82) is 0 Å². The number of sulfonamides is 1. The van der Waals surface area contributed by atoms with E-state index in [0.717, 1.165) is 0 Å². The Kier molecular flexibility index (Phi) is 4.64. The van der Waals surface area contributed by atoms with Gasteiger partial charge < -0.3 is 8.94 Å². The molecule has 0 unspecified atom stereocenters. The summed E-state index contributed by atoms with van der Waals surface area (Å²) < 4.78 is 38.5. The fraction of sp³-hybridized carbons (Fsp3) is 0.333. The predicted octanol–water partition coefficient (Wildman–Crippen LogP) is 1.12. The van der Waals surface area contributed by atoms with Crippen LogP contribution in [0.3, 0.4) is 0 Å². The summed E-state index contributed by atoms with van der Waals surface area (Å²) in [7, 11) is -2.36. The summed E-state index contributed by atoms with van der Waals surface area (Å²) >= 11 is 0. The van der Waals surface area contributed by atoms with E-state index in [1.54, 1.807) is 33.0 Å². The summed E-state index contributed by atoms with van der Waals surface area (Å²) in [4.78, 5) is 16.1. The van der Waals surface area contributed by atoms with Gasteiger partial charge in [-0.3, -0.25) is 9.48 Å². The highest BCUT2D eigenvalue weighted by Gasteiger charge is 2.25. The smallest absolute Gasteiger partial charge is 0.267 e. The fourth-order valence-electron chi connectivity index (χ4n) is 2.48. The molecule has 0 radical (unpaired) electrons. The first-order valence-electron chi connectivity index (χ1n) is 7.70. The van der Waals surface area contributed by atoms with E-state index in [2.05, 4.69) is 15.2 Å². The van der Waals surface area contributed by atoms with Gasteiger partial charge in [0.25, 0.3) is 10.0 Å². The van der Waals surface area contributed by atoms with Crippen LogP contribution in [0.2, 0.25) is 0 Å². The first kappa shape index (κ1) is 17.9. The van der Waals surface area contributed by atoms with Crippen LogP contribution in [0.15, 0.2) is 32.2 Å². The number of rotatable bonds is 6. The lowest BCUT2D eigenvalue weighted by Gasteiger charge is -2.06. The topological polar surface area (TPSA) is 133 Å². The minimum Gasteiger partial charge on any atom is -0.461 e. The third-order valence-electron chi connectivity index (χ3n) is 3.74. The van der Waals surface area contributed by atoms with Crippen molar-refractivity contribution >= 4 is 15.9 Å². The fourth-order valence-corrected chi connectivity index (χ4v) is 3.93. The van der Waals surface area contributed by atoms with Gasteiger partial charge >= 0.3 is 0 Å². The molecule has 0 saturated carbocycles. The van der Waals surface area contributed by atoms with Crippen molar-refractivity contribution in [3.63, 3.8) is 0 Å². The third kappa shape index (κ3) is 3.52. The first-order chi connectivity index (χ1) is 12.3. The normalized spacial score (nSPS) is 11.7. The van der Waals surface area contributed by atoms with Gasteiger partial charge in [-0.15, -0.1) is 0 Å². The van der Waals surface area contributed by atoms with Crippen molar-refractivity contribution in [1.82, 2.24) is 24.6 Å². The van der Waals surface area contributed by atoms with Gasteiger partial charge in [0.15, 0.2) is 5.76 Å². The highest BCUT2D eigenvalue weighted by molar-refractivity contribution is 7.90. The van der Waals surface area contributed by atoms with Gasteiger partial charge in [-0.1, -0.05) is 5.16 Å². The van der Waals surface area contributed by atoms with Gasteiger partial charge in [0.1, 0.15) is 4.90 Å². The van der Waals surface area contributed by atoms with E-state index in [0.29, 0.717) is 17.1 Å². The molecule has 3 aromatic rings. The summed E-state index contributed by atoms with van der Waals surface area (Å²) in [6.45, 7) is 3.19. The molecule has 0 spiro atoms. The average molecular weight is 379 g/mol. The molecule has 26 heavy (non-hydrogen) atoms. The zero-order valence-electron chi connectivity index (χ0n) is 14.4. The zero-order chi connectivity index (χ0) is 18.9. The van der Waals surface area contributed by atoms with E-state index in [1.165, 1.54) is 10.9 Å². The Bertz CT molecular complexity index is 1030. The highest BCUT2D eigenvalue weighted by atomic mass is 32.2. The van der Waals surface area contributed by atoms with Gasteiger partial charge in [0.2, 0.25) is 17.6 Å². The molecule has 0 aliphatic heterocycles. The number of hydrogen-bond donors (Lipinski definition) is 1. The van der Waals surface area contributed by atoms with Crippen molar-refractivity contribution in [2.24, 2.45) is 7.05 Å². The number of furan rings is 1. The molecule has 10 nitrogen and oxygen atoms in total. The van der Waals surface area contributed by atoms with Crippen LogP contribution in [0.25, 0.3) is 11.6 Å². The maximum atomic E-state index is 12.4. The number of hydrogen-bond acceptors (Lipinski definition) is 8. The summed E-state index contributed by atoms with van der Waals surface area (Å²) in [6.07, 6.45) is 1.45. The second kappa shape index (κ2) is 6.75. The van der Waals surface area contributed by atoms with E-state index >= 15 is 0 Å². The second-order valence-electron chi connectivity index (χ2n) is 5.64. The van der Waals surface area contributed by atoms with Crippen molar-refractivity contribution in [2.75, 3.05) is 0 Å². The lowest BCUT2D eigenvalue weighted by atomic mass is 10.3. The van der Waals surface area contributed by atoms with Crippen molar-refractivity contribution in [2.45, 2.75) is 31.6 Å². The minimum atomic E-state index is -4.00. The van der Waals surface area contributed by atoms with Gasteiger partial charge in [-0.05, 0) is 26.0 Å². The molecule has 0 aliphatic carbocycles.